The van der Waals surface area contributed by atoms with Gasteiger partial charge >= 0.3 is 0 Å². The number of hydrogen-bond donors (Lipinski definition) is 1. The first-order valence-corrected chi connectivity index (χ1v) is 10.9. The number of amides is 2. The van der Waals surface area contributed by atoms with Crippen LogP contribution in [0, 0.1) is 5.92 Å². The Morgan fingerprint density at radius 1 is 1.30 bits per heavy atom. The van der Waals surface area contributed by atoms with E-state index < -0.39 is 5.60 Å². The highest BCUT2D eigenvalue weighted by Crippen LogP contribution is 2.40. The lowest BCUT2D eigenvalue weighted by molar-refractivity contribution is -0.142. The minimum absolute atomic E-state index is 0.0257. The quantitative estimate of drug-likeness (QED) is 0.771. The third-order valence-corrected chi connectivity index (χ3v) is 6.81. The summed E-state index contributed by atoms with van der Waals surface area (Å²) >= 11 is 6.00. The Hall–Kier alpha value is -2.12. The van der Waals surface area contributed by atoms with Gasteiger partial charge in [0.25, 0.3) is 0 Å². The van der Waals surface area contributed by atoms with Gasteiger partial charge in [0, 0.05) is 37.5 Å². The Balaban J connectivity index is 1.43. The van der Waals surface area contributed by atoms with Gasteiger partial charge in [0.1, 0.15) is 11.4 Å². The second-order valence-electron chi connectivity index (χ2n) is 8.76. The zero-order valence-electron chi connectivity index (χ0n) is 17.1. The molecule has 3 atom stereocenters. The molecule has 3 aliphatic heterocycles. The standard InChI is InChI=1S/C22H27ClN2O5/c1-14-12-24(8-5-17(14)26)21(29)13-25-9-7-22(6-4-20(25)28)11-18(27)16-10-15(23)2-3-19(16)30-22/h2-3,10,14,17,26H,4-9,11-13H2,1H3/t14-,17-,22-/m1/s1. The molecule has 8 heteroatoms. The molecule has 4 rings (SSSR count). The van der Waals surface area contributed by atoms with Crippen LogP contribution in [0.15, 0.2) is 18.2 Å². The number of carbonyl (C=O) groups is 3. The molecule has 0 saturated carbocycles. The normalized spacial score (nSPS) is 29.4. The molecule has 30 heavy (non-hydrogen) atoms. The highest BCUT2D eigenvalue weighted by atomic mass is 35.5. The zero-order valence-corrected chi connectivity index (χ0v) is 17.9. The molecule has 2 saturated heterocycles. The van der Waals surface area contributed by atoms with Crippen molar-refractivity contribution in [2.75, 3.05) is 26.2 Å². The van der Waals surface area contributed by atoms with Gasteiger partial charge in [0.15, 0.2) is 5.78 Å². The summed E-state index contributed by atoms with van der Waals surface area (Å²) in [6.45, 7) is 3.33. The van der Waals surface area contributed by atoms with Gasteiger partial charge in [-0.15, -0.1) is 0 Å². The number of fused-ring (bicyclic) bond motifs is 1. The maximum absolute atomic E-state index is 12.7. The van der Waals surface area contributed by atoms with E-state index in [4.69, 9.17) is 16.3 Å². The summed E-state index contributed by atoms with van der Waals surface area (Å²) in [5.41, 5.74) is -0.244. The van der Waals surface area contributed by atoms with Gasteiger partial charge in [0.2, 0.25) is 11.8 Å². The molecule has 3 heterocycles. The van der Waals surface area contributed by atoms with Gasteiger partial charge in [-0.05, 0) is 37.0 Å². The number of nitrogens with zero attached hydrogens (tertiary/aromatic N) is 2. The number of ether oxygens (including phenoxy) is 1. The number of likely N-dealkylation sites (tertiary alicyclic amines) is 2. The molecule has 1 aromatic rings. The van der Waals surface area contributed by atoms with Crippen LogP contribution in [0.2, 0.25) is 5.02 Å². The number of aliphatic hydroxyl groups is 1. The summed E-state index contributed by atoms with van der Waals surface area (Å²) in [6, 6.07) is 5.02. The lowest BCUT2D eigenvalue weighted by Crippen LogP contribution is -2.49. The van der Waals surface area contributed by atoms with Crippen molar-refractivity contribution in [2.24, 2.45) is 5.92 Å². The van der Waals surface area contributed by atoms with E-state index in [-0.39, 0.29) is 49.0 Å². The van der Waals surface area contributed by atoms with E-state index in [1.165, 1.54) is 0 Å². The van der Waals surface area contributed by atoms with Gasteiger partial charge < -0.3 is 19.6 Å². The molecule has 1 N–H and O–H groups in total. The van der Waals surface area contributed by atoms with Crippen molar-refractivity contribution in [3.63, 3.8) is 0 Å². The molecule has 0 radical (unpaired) electrons. The minimum Gasteiger partial charge on any atom is -0.486 e. The molecule has 0 aliphatic carbocycles. The highest BCUT2D eigenvalue weighted by Gasteiger charge is 2.43. The molecule has 3 aliphatic rings. The Kier molecular flexibility index (Phi) is 5.77. The van der Waals surface area contributed by atoms with Crippen LogP contribution in [0.5, 0.6) is 5.75 Å². The van der Waals surface area contributed by atoms with Crippen LogP contribution in [0.1, 0.15) is 49.4 Å². The van der Waals surface area contributed by atoms with E-state index in [1.807, 2.05) is 6.92 Å². The molecule has 1 spiro atoms. The maximum atomic E-state index is 12.7. The van der Waals surface area contributed by atoms with Crippen LogP contribution in [0.25, 0.3) is 0 Å². The van der Waals surface area contributed by atoms with E-state index >= 15 is 0 Å². The van der Waals surface area contributed by atoms with Gasteiger partial charge in [-0.2, -0.15) is 0 Å². The first-order valence-electron chi connectivity index (χ1n) is 10.5. The Morgan fingerprint density at radius 2 is 2.10 bits per heavy atom. The molecule has 162 valence electrons. The van der Waals surface area contributed by atoms with Crippen LogP contribution in [0.4, 0.5) is 0 Å². The van der Waals surface area contributed by atoms with Crippen molar-refractivity contribution >= 4 is 29.2 Å². The topological polar surface area (TPSA) is 87.2 Å². The number of carbonyl (C=O) groups excluding carboxylic acids is 3. The lowest BCUT2D eigenvalue weighted by Gasteiger charge is -2.37. The minimum atomic E-state index is -0.727. The Morgan fingerprint density at radius 3 is 2.87 bits per heavy atom. The second-order valence-corrected chi connectivity index (χ2v) is 9.20. The first-order chi connectivity index (χ1) is 14.3. The molecule has 7 nitrogen and oxygen atoms in total. The van der Waals surface area contributed by atoms with Gasteiger partial charge in [-0.1, -0.05) is 18.5 Å². The number of ketones is 1. The number of halogens is 1. The second kappa shape index (κ2) is 8.19. The van der Waals surface area contributed by atoms with Gasteiger partial charge in [0.05, 0.1) is 24.6 Å². The van der Waals surface area contributed by atoms with Crippen molar-refractivity contribution in [2.45, 2.75) is 50.7 Å². The zero-order chi connectivity index (χ0) is 21.5. The molecule has 2 amide bonds. The number of benzene rings is 1. The molecule has 2 fully saturated rings. The van der Waals surface area contributed by atoms with Gasteiger partial charge in [-0.3, -0.25) is 14.4 Å². The summed E-state index contributed by atoms with van der Waals surface area (Å²) in [6.07, 6.45) is 1.55. The number of hydrogen-bond acceptors (Lipinski definition) is 5. The molecule has 0 unspecified atom stereocenters. The molecular formula is C22H27ClN2O5. The number of aliphatic hydroxyl groups excluding tert-OH is 1. The number of Topliss-reactive ketones (excluding diaryl/α,β-unsaturated/α-hetero) is 1. The highest BCUT2D eigenvalue weighted by molar-refractivity contribution is 6.31. The average molecular weight is 435 g/mol. The van der Waals surface area contributed by atoms with E-state index in [9.17, 15) is 19.5 Å². The SMILES string of the molecule is C[C@@H]1CN(C(=O)CN2CC[C@]3(CCC2=O)CC(=O)c2cc(Cl)ccc2O3)CC[C@H]1O. The molecular weight excluding hydrogens is 408 g/mol. The summed E-state index contributed by atoms with van der Waals surface area (Å²) in [5, 5.41) is 10.4. The first kappa shape index (κ1) is 21.1. The Labute approximate surface area is 180 Å². The van der Waals surface area contributed by atoms with Crippen LogP contribution >= 0.6 is 11.6 Å². The van der Waals surface area contributed by atoms with E-state index in [0.29, 0.717) is 55.2 Å². The van der Waals surface area contributed by atoms with Crippen molar-refractivity contribution in [1.82, 2.24) is 9.80 Å². The molecule has 1 aromatic carbocycles. The van der Waals surface area contributed by atoms with Crippen molar-refractivity contribution in [3.8, 4) is 5.75 Å². The summed E-state index contributed by atoms with van der Waals surface area (Å²) in [5.74, 6) is 0.313. The fourth-order valence-corrected chi connectivity index (χ4v) is 4.79. The van der Waals surface area contributed by atoms with Crippen LogP contribution in [-0.4, -0.2) is 70.4 Å². The number of piperidine rings is 1. The van der Waals surface area contributed by atoms with Crippen LogP contribution < -0.4 is 4.74 Å². The maximum Gasteiger partial charge on any atom is 0.242 e. The van der Waals surface area contributed by atoms with Crippen LogP contribution in [0.3, 0.4) is 0 Å². The third kappa shape index (κ3) is 4.18. The fourth-order valence-electron chi connectivity index (χ4n) is 4.62. The molecule has 0 aromatic heterocycles. The van der Waals surface area contributed by atoms with Crippen molar-refractivity contribution < 1.29 is 24.2 Å². The molecule has 0 bridgehead atoms. The third-order valence-electron chi connectivity index (χ3n) is 6.57. The Bertz CT molecular complexity index is 875. The lowest BCUT2D eigenvalue weighted by atomic mass is 9.84. The predicted molar refractivity (Wildman–Crippen MR) is 111 cm³/mol. The van der Waals surface area contributed by atoms with Crippen LogP contribution in [-0.2, 0) is 9.59 Å². The van der Waals surface area contributed by atoms with Crippen molar-refractivity contribution in [3.05, 3.63) is 28.8 Å². The van der Waals surface area contributed by atoms with Crippen molar-refractivity contribution in [1.29, 1.82) is 0 Å². The summed E-state index contributed by atoms with van der Waals surface area (Å²) in [7, 11) is 0. The fraction of sp³-hybridized carbons (Fsp3) is 0.591. The monoisotopic (exact) mass is 434 g/mol. The number of rotatable bonds is 2. The van der Waals surface area contributed by atoms with Gasteiger partial charge in [-0.25, -0.2) is 0 Å². The average Bonchev–Trinajstić information content (AvgIpc) is 2.85. The summed E-state index contributed by atoms with van der Waals surface area (Å²) < 4.78 is 6.23. The van der Waals surface area contributed by atoms with E-state index in [1.54, 1.807) is 28.0 Å². The smallest absolute Gasteiger partial charge is 0.242 e. The summed E-state index contributed by atoms with van der Waals surface area (Å²) in [4.78, 5) is 41.5. The largest absolute Gasteiger partial charge is 0.486 e. The van der Waals surface area contributed by atoms with E-state index in [2.05, 4.69) is 0 Å². The predicted octanol–water partition coefficient (Wildman–Crippen LogP) is 2.29. The van der Waals surface area contributed by atoms with E-state index in [0.717, 1.165) is 0 Å².